The number of carbonyl (C=O) groups is 1. The summed E-state index contributed by atoms with van der Waals surface area (Å²) in [7, 11) is -7.39. The quantitative estimate of drug-likeness (QED) is 0.361. The molecule has 0 aliphatic heterocycles. The first-order chi connectivity index (χ1) is 16.3. The smallest absolute Gasteiger partial charge is 0.303 e. The molecule has 0 aliphatic carbocycles. The third kappa shape index (κ3) is 7.94. The van der Waals surface area contributed by atoms with Gasteiger partial charge in [-0.3, -0.25) is 9.10 Å². The lowest BCUT2D eigenvalue weighted by Crippen LogP contribution is -2.34. The third-order valence-electron chi connectivity index (χ3n) is 5.27. The average Bonchev–Trinajstić information content (AvgIpc) is 2.79. The van der Waals surface area contributed by atoms with Gasteiger partial charge in [-0.2, -0.15) is 0 Å². The minimum atomic E-state index is -4.04. The number of ether oxygens (including phenoxy) is 1. The lowest BCUT2D eigenvalue weighted by molar-refractivity contribution is -0.137. The third-order valence-corrected chi connectivity index (χ3v) is 8.22. The Labute approximate surface area is 208 Å². The molecule has 0 saturated carbocycles. The predicted molar refractivity (Wildman–Crippen MR) is 137 cm³/mol. The van der Waals surface area contributed by atoms with Gasteiger partial charge in [0.1, 0.15) is 12.4 Å². The van der Waals surface area contributed by atoms with Crippen LogP contribution in [-0.4, -0.2) is 49.2 Å². The number of aryl methyl sites for hydroxylation is 1. The van der Waals surface area contributed by atoms with Crippen LogP contribution in [0.2, 0.25) is 0 Å². The van der Waals surface area contributed by atoms with Gasteiger partial charge in [0.25, 0.3) is 10.0 Å². The standard InChI is InChI=1S/C24H35N3O6S2/c1-5-18-6-9-20(10-7-18)27(15-17(2)3)35(31,32)21-11-12-22(23(14-21)34(4,26)30)33-16-19(25)8-13-24(28)29/h6-7,9-12,14,17,19,26H,5,8,13,15-16,25H2,1-4H3,(H,28,29). The fourth-order valence-corrected chi connectivity index (χ4v) is 5.95. The molecule has 2 rings (SSSR count). The van der Waals surface area contributed by atoms with Crippen molar-refractivity contribution in [1.29, 1.82) is 4.78 Å². The molecule has 0 saturated heterocycles. The van der Waals surface area contributed by atoms with Gasteiger partial charge >= 0.3 is 5.97 Å². The van der Waals surface area contributed by atoms with Gasteiger partial charge < -0.3 is 15.6 Å². The zero-order valence-electron chi connectivity index (χ0n) is 20.6. The van der Waals surface area contributed by atoms with Crippen molar-refractivity contribution in [3.63, 3.8) is 0 Å². The molecule has 35 heavy (non-hydrogen) atoms. The lowest BCUT2D eigenvalue weighted by atomic mass is 10.1. The molecule has 9 nitrogen and oxygen atoms in total. The fraction of sp³-hybridized carbons (Fsp3) is 0.458. The first kappa shape index (κ1) is 28.6. The summed E-state index contributed by atoms with van der Waals surface area (Å²) in [6, 6.07) is 10.7. The van der Waals surface area contributed by atoms with Crippen LogP contribution in [0, 0.1) is 10.7 Å². The van der Waals surface area contributed by atoms with E-state index in [0.717, 1.165) is 12.0 Å². The van der Waals surface area contributed by atoms with Crippen molar-refractivity contribution in [3.8, 4) is 5.75 Å². The largest absolute Gasteiger partial charge is 0.491 e. The van der Waals surface area contributed by atoms with Crippen LogP contribution in [0.4, 0.5) is 5.69 Å². The maximum atomic E-state index is 13.7. The molecule has 2 aromatic carbocycles. The first-order valence-electron chi connectivity index (χ1n) is 11.3. The van der Waals surface area contributed by atoms with E-state index in [-0.39, 0.29) is 47.5 Å². The molecule has 0 fully saturated rings. The van der Waals surface area contributed by atoms with Crippen molar-refractivity contribution < 1.29 is 27.3 Å². The highest BCUT2D eigenvalue weighted by Crippen LogP contribution is 2.31. The molecule has 2 aromatic rings. The van der Waals surface area contributed by atoms with Crippen LogP contribution < -0.4 is 14.8 Å². The molecule has 194 valence electrons. The highest BCUT2D eigenvalue weighted by Gasteiger charge is 2.28. The number of benzene rings is 2. The fourth-order valence-electron chi connectivity index (χ4n) is 3.36. The number of nitrogens with zero attached hydrogens (tertiary/aromatic N) is 1. The van der Waals surface area contributed by atoms with Crippen LogP contribution in [0.3, 0.4) is 0 Å². The van der Waals surface area contributed by atoms with E-state index < -0.39 is 31.8 Å². The Morgan fingerprint density at radius 2 is 1.77 bits per heavy atom. The van der Waals surface area contributed by atoms with Crippen LogP contribution in [-0.2, 0) is 31.0 Å². The van der Waals surface area contributed by atoms with Gasteiger partial charge in [0.05, 0.1) is 25.2 Å². The number of carboxylic acids is 1. The highest BCUT2D eigenvalue weighted by molar-refractivity contribution is 7.93. The predicted octanol–water partition coefficient (Wildman–Crippen LogP) is 3.71. The first-order valence-corrected chi connectivity index (χ1v) is 14.8. The summed E-state index contributed by atoms with van der Waals surface area (Å²) < 4.78 is 55.1. The number of aliphatic carboxylic acids is 1. The molecular weight excluding hydrogens is 490 g/mol. The Morgan fingerprint density at radius 3 is 2.29 bits per heavy atom. The van der Waals surface area contributed by atoms with E-state index in [1.54, 1.807) is 12.1 Å². The minimum Gasteiger partial charge on any atom is -0.491 e. The van der Waals surface area contributed by atoms with E-state index in [1.165, 1.54) is 28.8 Å². The van der Waals surface area contributed by atoms with Crippen molar-refractivity contribution >= 4 is 31.4 Å². The van der Waals surface area contributed by atoms with E-state index in [1.807, 2.05) is 32.9 Å². The second-order valence-corrected chi connectivity index (χ2v) is 12.9. The Bertz CT molecular complexity index is 1230. The van der Waals surface area contributed by atoms with Crippen molar-refractivity contribution in [2.45, 2.75) is 55.9 Å². The van der Waals surface area contributed by atoms with Crippen molar-refractivity contribution in [1.82, 2.24) is 0 Å². The average molecular weight is 526 g/mol. The topological polar surface area (TPSA) is 151 Å². The van der Waals surface area contributed by atoms with Crippen LogP contribution in [0.15, 0.2) is 52.3 Å². The second kappa shape index (κ2) is 11.9. The van der Waals surface area contributed by atoms with E-state index in [4.69, 9.17) is 20.4 Å². The monoisotopic (exact) mass is 525 g/mol. The van der Waals surface area contributed by atoms with Gasteiger partial charge in [-0.1, -0.05) is 32.9 Å². The van der Waals surface area contributed by atoms with Crippen LogP contribution in [0.5, 0.6) is 5.75 Å². The maximum absolute atomic E-state index is 13.7. The van der Waals surface area contributed by atoms with Crippen LogP contribution in [0.25, 0.3) is 0 Å². The SMILES string of the molecule is CCc1ccc(N(CC(C)C)S(=O)(=O)c2ccc(OCC(N)CCC(=O)O)c(S(C)(=N)=O)c2)cc1. The number of sulfonamides is 1. The maximum Gasteiger partial charge on any atom is 0.303 e. The van der Waals surface area contributed by atoms with Gasteiger partial charge in [-0.25, -0.2) is 17.4 Å². The van der Waals surface area contributed by atoms with Gasteiger partial charge in [-0.05, 0) is 54.7 Å². The number of carboxylic acid groups (broad SMARTS) is 1. The molecule has 0 aromatic heterocycles. The number of nitrogens with one attached hydrogen (secondary N) is 1. The Morgan fingerprint density at radius 1 is 1.14 bits per heavy atom. The lowest BCUT2D eigenvalue weighted by Gasteiger charge is -2.27. The molecule has 4 N–H and O–H groups in total. The molecular formula is C24H35N3O6S2. The Balaban J connectivity index is 2.45. The van der Waals surface area contributed by atoms with Crippen LogP contribution >= 0.6 is 0 Å². The highest BCUT2D eigenvalue weighted by atomic mass is 32.2. The van der Waals surface area contributed by atoms with Gasteiger partial charge in [0.15, 0.2) is 0 Å². The number of hydrogen-bond donors (Lipinski definition) is 3. The molecule has 2 atom stereocenters. The number of rotatable bonds is 13. The van der Waals surface area contributed by atoms with Crippen LogP contribution in [0.1, 0.15) is 39.2 Å². The second-order valence-electron chi connectivity index (χ2n) is 8.91. The van der Waals surface area contributed by atoms with E-state index in [2.05, 4.69) is 0 Å². The normalized spacial score (nSPS) is 14.3. The van der Waals surface area contributed by atoms with Crippen molar-refractivity contribution in [3.05, 3.63) is 48.0 Å². The minimum absolute atomic E-state index is 0.0385. The van der Waals surface area contributed by atoms with E-state index >= 15 is 0 Å². The van der Waals surface area contributed by atoms with E-state index in [9.17, 15) is 17.4 Å². The van der Waals surface area contributed by atoms with Crippen molar-refractivity contribution in [2.24, 2.45) is 11.7 Å². The zero-order chi connectivity index (χ0) is 26.4. The molecule has 0 bridgehead atoms. The number of anilines is 1. The van der Waals surface area contributed by atoms with E-state index in [0.29, 0.717) is 5.69 Å². The summed E-state index contributed by atoms with van der Waals surface area (Å²) in [5.41, 5.74) is 7.49. The summed E-state index contributed by atoms with van der Waals surface area (Å²) in [4.78, 5) is 10.6. The summed E-state index contributed by atoms with van der Waals surface area (Å²) in [6.45, 7) is 6.03. The molecule has 0 aliphatic rings. The molecule has 0 spiro atoms. The molecule has 0 amide bonds. The summed E-state index contributed by atoms with van der Waals surface area (Å²) in [5.74, 6) is -0.856. The zero-order valence-corrected chi connectivity index (χ0v) is 22.2. The number of nitrogens with two attached hydrogens (primary N) is 1. The molecule has 0 heterocycles. The van der Waals surface area contributed by atoms with Gasteiger partial charge in [0, 0.05) is 25.3 Å². The summed E-state index contributed by atoms with van der Waals surface area (Å²) >= 11 is 0. The molecule has 11 heteroatoms. The van der Waals surface area contributed by atoms with Gasteiger partial charge in [0.2, 0.25) is 0 Å². The van der Waals surface area contributed by atoms with Crippen molar-refractivity contribution in [2.75, 3.05) is 23.7 Å². The van der Waals surface area contributed by atoms with Gasteiger partial charge in [-0.15, -0.1) is 0 Å². The summed E-state index contributed by atoms with van der Waals surface area (Å²) in [6.07, 6.45) is 2.07. The molecule has 2 unspecified atom stereocenters. The number of hydrogen-bond acceptors (Lipinski definition) is 7. The summed E-state index contributed by atoms with van der Waals surface area (Å²) in [5, 5.41) is 8.79. The molecule has 0 radical (unpaired) electrons. The Kier molecular flexibility index (Phi) is 9.70. The Hall–Kier alpha value is -2.63.